The van der Waals surface area contributed by atoms with Crippen LogP contribution in [0.15, 0.2) is 49.1 Å². The third-order valence-corrected chi connectivity index (χ3v) is 5.21. The summed E-state index contributed by atoms with van der Waals surface area (Å²) in [5, 5.41) is 3.33. The lowest BCUT2D eigenvalue weighted by Gasteiger charge is -2.33. The molecule has 0 radical (unpaired) electrons. The molecule has 1 aliphatic rings. The molecule has 0 aromatic carbocycles. The number of aryl methyl sites for hydroxylation is 2. The first-order valence-corrected chi connectivity index (χ1v) is 9.51. The van der Waals surface area contributed by atoms with Crippen LogP contribution in [0.1, 0.15) is 35.7 Å². The number of nitrogens with one attached hydrogen (secondary N) is 1. The highest BCUT2D eigenvalue weighted by atomic mass is 15.2. The molecular weight excluding hydrogens is 336 g/mol. The zero-order valence-electron chi connectivity index (χ0n) is 16.0. The third-order valence-electron chi connectivity index (χ3n) is 5.21. The van der Waals surface area contributed by atoms with Gasteiger partial charge in [-0.25, -0.2) is 15.0 Å². The second-order valence-electron chi connectivity index (χ2n) is 7.33. The molecule has 1 aliphatic heterocycles. The van der Waals surface area contributed by atoms with E-state index in [-0.39, 0.29) is 0 Å². The smallest absolute Gasteiger partial charge is 0.131 e. The SMILES string of the molecule is Cc1cccc(Nc2cc([C@@H]3CCCN(Cc4cncn4C)C3)ccn2)n1. The Balaban J connectivity index is 1.45. The Bertz CT molecular complexity index is 903. The molecule has 6 heteroatoms. The van der Waals surface area contributed by atoms with Gasteiger partial charge in [-0.05, 0) is 62.1 Å². The highest BCUT2D eigenvalue weighted by Gasteiger charge is 2.22. The van der Waals surface area contributed by atoms with Crippen LogP contribution >= 0.6 is 0 Å². The van der Waals surface area contributed by atoms with Crippen molar-refractivity contribution in [3.63, 3.8) is 0 Å². The van der Waals surface area contributed by atoms with Crippen LogP contribution in [0.4, 0.5) is 11.6 Å². The summed E-state index contributed by atoms with van der Waals surface area (Å²) >= 11 is 0. The van der Waals surface area contributed by atoms with Gasteiger partial charge in [0.05, 0.1) is 12.0 Å². The lowest BCUT2D eigenvalue weighted by Crippen LogP contribution is -2.34. The molecule has 27 heavy (non-hydrogen) atoms. The molecule has 4 rings (SSSR count). The van der Waals surface area contributed by atoms with Crippen LogP contribution in [0.25, 0.3) is 0 Å². The van der Waals surface area contributed by atoms with E-state index in [1.54, 1.807) is 0 Å². The topological polar surface area (TPSA) is 58.9 Å². The first-order valence-electron chi connectivity index (χ1n) is 9.51. The summed E-state index contributed by atoms with van der Waals surface area (Å²) in [5.74, 6) is 2.22. The van der Waals surface area contributed by atoms with E-state index in [1.807, 2.05) is 43.8 Å². The van der Waals surface area contributed by atoms with Gasteiger partial charge in [0.15, 0.2) is 0 Å². The Kier molecular flexibility index (Phi) is 5.16. The van der Waals surface area contributed by atoms with Gasteiger partial charge >= 0.3 is 0 Å². The molecule has 4 heterocycles. The van der Waals surface area contributed by atoms with Crippen LogP contribution in [0.5, 0.6) is 0 Å². The van der Waals surface area contributed by atoms with Gasteiger partial charge in [0.25, 0.3) is 0 Å². The van der Waals surface area contributed by atoms with Crippen molar-refractivity contribution in [1.29, 1.82) is 0 Å². The molecule has 0 aliphatic carbocycles. The van der Waals surface area contributed by atoms with Gasteiger partial charge in [-0.15, -0.1) is 0 Å². The molecule has 1 fully saturated rings. The van der Waals surface area contributed by atoms with E-state index in [0.717, 1.165) is 37.0 Å². The van der Waals surface area contributed by atoms with Crippen LogP contribution < -0.4 is 5.32 Å². The van der Waals surface area contributed by atoms with Crippen molar-refractivity contribution in [2.24, 2.45) is 7.05 Å². The summed E-state index contributed by atoms with van der Waals surface area (Å²) < 4.78 is 2.10. The van der Waals surface area contributed by atoms with Crippen molar-refractivity contribution in [3.05, 3.63) is 66.0 Å². The molecule has 3 aromatic heterocycles. The van der Waals surface area contributed by atoms with Gasteiger partial charge in [-0.3, -0.25) is 4.90 Å². The number of pyridine rings is 2. The summed E-state index contributed by atoms with van der Waals surface area (Å²) in [4.78, 5) is 15.7. The van der Waals surface area contributed by atoms with Gasteiger partial charge in [0.1, 0.15) is 11.6 Å². The monoisotopic (exact) mass is 362 g/mol. The summed E-state index contributed by atoms with van der Waals surface area (Å²) in [6.07, 6.45) is 8.17. The summed E-state index contributed by atoms with van der Waals surface area (Å²) in [7, 11) is 2.06. The van der Waals surface area contributed by atoms with Gasteiger partial charge in [-0.1, -0.05) is 6.07 Å². The van der Waals surface area contributed by atoms with Crippen molar-refractivity contribution in [2.45, 2.75) is 32.2 Å². The van der Waals surface area contributed by atoms with E-state index < -0.39 is 0 Å². The number of piperidine rings is 1. The molecular formula is C21H26N6. The van der Waals surface area contributed by atoms with E-state index in [4.69, 9.17) is 0 Å². The van der Waals surface area contributed by atoms with E-state index in [1.165, 1.54) is 24.1 Å². The van der Waals surface area contributed by atoms with Crippen molar-refractivity contribution in [1.82, 2.24) is 24.4 Å². The third kappa shape index (κ3) is 4.34. The van der Waals surface area contributed by atoms with E-state index >= 15 is 0 Å². The average molecular weight is 362 g/mol. The fourth-order valence-electron chi connectivity index (χ4n) is 3.75. The normalized spacial score (nSPS) is 17.8. The number of nitrogens with zero attached hydrogens (tertiary/aromatic N) is 5. The number of likely N-dealkylation sites (tertiary alicyclic amines) is 1. The number of anilines is 2. The molecule has 1 atom stereocenters. The van der Waals surface area contributed by atoms with Crippen molar-refractivity contribution < 1.29 is 0 Å². The molecule has 0 saturated carbocycles. The molecule has 0 amide bonds. The molecule has 0 unspecified atom stereocenters. The molecule has 0 bridgehead atoms. The summed E-state index contributed by atoms with van der Waals surface area (Å²) in [6.45, 7) is 5.16. The maximum absolute atomic E-state index is 4.51. The minimum Gasteiger partial charge on any atom is -0.337 e. The second-order valence-corrected chi connectivity index (χ2v) is 7.33. The second kappa shape index (κ2) is 7.88. The Hall–Kier alpha value is -2.73. The minimum absolute atomic E-state index is 0.529. The van der Waals surface area contributed by atoms with Crippen molar-refractivity contribution in [3.8, 4) is 0 Å². The number of hydrogen-bond donors (Lipinski definition) is 1. The largest absolute Gasteiger partial charge is 0.337 e. The predicted molar refractivity (Wildman–Crippen MR) is 107 cm³/mol. The molecule has 140 valence electrons. The molecule has 1 saturated heterocycles. The minimum atomic E-state index is 0.529. The molecule has 6 nitrogen and oxygen atoms in total. The quantitative estimate of drug-likeness (QED) is 0.751. The van der Waals surface area contributed by atoms with Crippen LogP contribution in [-0.4, -0.2) is 37.5 Å². The lowest BCUT2D eigenvalue weighted by molar-refractivity contribution is 0.196. The Morgan fingerprint density at radius 3 is 2.96 bits per heavy atom. The summed E-state index contributed by atoms with van der Waals surface area (Å²) in [6, 6.07) is 10.3. The van der Waals surface area contributed by atoms with Crippen LogP contribution in [-0.2, 0) is 13.6 Å². The summed E-state index contributed by atoms with van der Waals surface area (Å²) in [5.41, 5.74) is 3.60. The fraction of sp³-hybridized carbons (Fsp3) is 0.381. The van der Waals surface area contributed by atoms with Gasteiger partial charge in [0.2, 0.25) is 0 Å². The Morgan fingerprint density at radius 2 is 2.15 bits per heavy atom. The van der Waals surface area contributed by atoms with E-state index in [0.29, 0.717) is 5.92 Å². The van der Waals surface area contributed by atoms with Gasteiger partial charge in [-0.2, -0.15) is 0 Å². The predicted octanol–water partition coefficient (Wildman–Crippen LogP) is 3.64. The van der Waals surface area contributed by atoms with Crippen LogP contribution in [0.3, 0.4) is 0 Å². The molecule has 3 aromatic rings. The Morgan fingerprint density at radius 1 is 1.22 bits per heavy atom. The highest BCUT2D eigenvalue weighted by molar-refractivity contribution is 5.52. The average Bonchev–Trinajstić information content (AvgIpc) is 3.07. The van der Waals surface area contributed by atoms with E-state index in [2.05, 4.69) is 48.9 Å². The van der Waals surface area contributed by atoms with Crippen LogP contribution in [0, 0.1) is 6.92 Å². The zero-order valence-corrected chi connectivity index (χ0v) is 16.0. The highest BCUT2D eigenvalue weighted by Crippen LogP contribution is 2.29. The van der Waals surface area contributed by atoms with E-state index in [9.17, 15) is 0 Å². The van der Waals surface area contributed by atoms with Gasteiger partial charge < -0.3 is 9.88 Å². The maximum atomic E-state index is 4.51. The zero-order chi connectivity index (χ0) is 18.6. The number of hydrogen-bond acceptors (Lipinski definition) is 5. The van der Waals surface area contributed by atoms with Crippen molar-refractivity contribution in [2.75, 3.05) is 18.4 Å². The number of aromatic nitrogens is 4. The standard InChI is InChI=1S/C21H26N6/c1-16-5-3-7-20(24-16)25-21-11-17(8-9-23-21)18-6-4-10-27(13-18)14-19-12-22-15-26(19)2/h3,5,7-9,11-12,15,18H,4,6,10,13-14H2,1-2H3,(H,23,24,25)/t18-/m1/s1. The molecule has 0 spiro atoms. The maximum Gasteiger partial charge on any atom is 0.131 e. The first kappa shape index (κ1) is 17.7. The number of rotatable bonds is 5. The Labute approximate surface area is 160 Å². The lowest BCUT2D eigenvalue weighted by atomic mass is 9.91. The fourth-order valence-corrected chi connectivity index (χ4v) is 3.75. The van der Waals surface area contributed by atoms with Crippen LogP contribution in [0.2, 0.25) is 0 Å². The van der Waals surface area contributed by atoms with Crippen molar-refractivity contribution >= 4 is 11.6 Å². The number of imidazole rings is 1. The first-order chi connectivity index (χ1) is 13.2. The van der Waals surface area contributed by atoms with Gasteiger partial charge in [0, 0.05) is 38.2 Å². The molecule has 1 N–H and O–H groups in total.